The standard InChI is InChI=1S/C8H9F2NS.ClH/c9-8(10)5(4-11)7(8)6-2-1-3-12-6;/h1-3,5,7H,4,11H2;1H. The van der Waals surface area contributed by atoms with Crippen LogP contribution in [-0.2, 0) is 0 Å². The molecule has 1 heterocycles. The van der Waals surface area contributed by atoms with Crippen molar-refractivity contribution in [1.82, 2.24) is 0 Å². The van der Waals surface area contributed by atoms with E-state index >= 15 is 0 Å². The van der Waals surface area contributed by atoms with Gasteiger partial charge in [-0.3, -0.25) is 0 Å². The molecule has 0 aliphatic heterocycles. The summed E-state index contributed by atoms with van der Waals surface area (Å²) in [6, 6.07) is 3.54. The predicted octanol–water partition coefficient (Wildman–Crippen LogP) is 2.48. The van der Waals surface area contributed by atoms with Crippen LogP contribution in [0.5, 0.6) is 0 Å². The lowest BCUT2D eigenvalue weighted by Crippen LogP contribution is -2.06. The first-order chi connectivity index (χ1) is 5.68. The van der Waals surface area contributed by atoms with Crippen LogP contribution in [0.2, 0.25) is 0 Å². The van der Waals surface area contributed by atoms with E-state index in [-0.39, 0.29) is 19.0 Å². The first kappa shape index (κ1) is 10.9. The molecule has 1 saturated carbocycles. The summed E-state index contributed by atoms with van der Waals surface area (Å²) < 4.78 is 25.9. The Bertz CT molecular complexity index is 276. The van der Waals surface area contributed by atoms with Crippen LogP contribution in [0.1, 0.15) is 10.8 Å². The molecule has 5 heteroatoms. The van der Waals surface area contributed by atoms with Crippen molar-refractivity contribution in [1.29, 1.82) is 0 Å². The Hall–Kier alpha value is -0.190. The van der Waals surface area contributed by atoms with E-state index in [2.05, 4.69) is 0 Å². The molecule has 1 aromatic rings. The molecule has 74 valence electrons. The molecule has 1 aromatic heterocycles. The molecule has 0 spiro atoms. The Morgan fingerprint density at radius 2 is 2.23 bits per heavy atom. The summed E-state index contributed by atoms with van der Waals surface area (Å²) in [5.41, 5.74) is 5.23. The van der Waals surface area contributed by atoms with Crippen molar-refractivity contribution in [2.24, 2.45) is 11.7 Å². The third-order valence-corrected chi connectivity index (χ3v) is 3.26. The molecule has 1 aliphatic rings. The lowest BCUT2D eigenvalue weighted by atomic mass is 10.3. The van der Waals surface area contributed by atoms with Crippen LogP contribution in [0.15, 0.2) is 17.5 Å². The van der Waals surface area contributed by atoms with Crippen LogP contribution in [0.25, 0.3) is 0 Å². The zero-order valence-electron chi connectivity index (χ0n) is 6.74. The van der Waals surface area contributed by atoms with Crippen LogP contribution in [0.3, 0.4) is 0 Å². The van der Waals surface area contributed by atoms with Crippen LogP contribution in [0, 0.1) is 5.92 Å². The minimum atomic E-state index is -2.56. The Morgan fingerprint density at radius 3 is 2.62 bits per heavy atom. The fourth-order valence-electron chi connectivity index (χ4n) is 1.54. The summed E-state index contributed by atoms with van der Waals surface area (Å²) in [6.45, 7) is 0.0789. The summed E-state index contributed by atoms with van der Waals surface area (Å²) in [7, 11) is 0. The van der Waals surface area contributed by atoms with Crippen LogP contribution >= 0.6 is 23.7 Å². The zero-order chi connectivity index (χ0) is 8.77. The molecule has 13 heavy (non-hydrogen) atoms. The van der Waals surface area contributed by atoms with Gasteiger partial charge in [0.2, 0.25) is 0 Å². The SMILES string of the molecule is Cl.NCC1C(c2cccs2)C1(F)F. The Labute approximate surface area is 85.3 Å². The zero-order valence-corrected chi connectivity index (χ0v) is 8.38. The van der Waals surface area contributed by atoms with Crippen molar-refractivity contribution in [3.63, 3.8) is 0 Å². The summed E-state index contributed by atoms with van der Waals surface area (Å²) in [6.07, 6.45) is 0. The average molecular weight is 226 g/mol. The summed E-state index contributed by atoms with van der Waals surface area (Å²) in [4.78, 5) is 0.760. The second kappa shape index (κ2) is 3.52. The van der Waals surface area contributed by atoms with E-state index in [1.54, 1.807) is 12.1 Å². The van der Waals surface area contributed by atoms with Crippen molar-refractivity contribution in [3.8, 4) is 0 Å². The monoisotopic (exact) mass is 225 g/mol. The van der Waals surface area contributed by atoms with Crippen molar-refractivity contribution < 1.29 is 8.78 Å². The first-order valence-electron chi connectivity index (χ1n) is 3.79. The minimum Gasteiger partial charge on any atom is -0.330 e. The van der Waals surface area contributed by atoms with Gasteiger partial charge < -0.3 is 5.73 Å². The topological polar surface area (TPSA) is 26.0 Å². The van der Waals surface area contributed by atoms with E-state index in [0.717, 1.165) is 4.88 Å². The maximum Gasteiger partial charge on any atom is 0.261 e. The lowest BCUT2D eigenvalue weighted by molar-refractivity contribution is 0.0950. The highest BCUT2D eigenvalue weighted by Gasteiger charge is 2.68. The van der Waals surface area contributed by atoms with Crippen molar-refractivity contribution in [2.45, 2.75) is 11.8 Å². The molecule has 2 rings (SSSR count). The maximum absolute atomic E-state index is 13.0. The number of halogens is 3. The van der Waals surface area contributed by atoms with E-state index < -0.39 is 17.8 Å². The van der Waals surface area contributed by atoms with E-state index in [9.17, 15) is 8.78 Å². The molecular weight excluding hydrogens is 216 g/mol. The number of thiophene rings is 1. The van der Waals surface area contributed by atoms with E-state index in [0.29, 0.717) is 0 Å². The van der Waals surface area contributed by atoms with Gasteiger partial charge >= 0.3 is 0 Å². The summed E-state index contributed by atoms with van der Waals surface area (Å²) in [5, 5.41) is 1.82. The number of rotatable bonds is 2. The van der Waals surface area contributed by atoms with Gasteiger partial charge in [-0.25, -0.2) is 8.78 Å². The van der Waals surface area contributed by atoms with Gasteiger partial charge in [0.15, 0.2) is 0 Å². The first-order valence-corrected chi connectivity index (χ1v) is 4.67. The molecule has 2 unspecified atom stereocenters. The molecule has 2 N–H and O–H groups in total. The molecule has 0 radical (unpaired) electrons. The number of hydrogen-bond acceptors (Lipinski definition) is 2. The van der Waals surface area contributed by atoms with Gasteiger partial charge in [0.05, 0.1) is 5.92 Å². The molecule has 0 bridgehead atoms. The Balaban J connectivity index is 0.000000845. The van der Waals surface area contributed by atoms with Gasteiger partial charge in [-0.1, -0.05) is 6.07 Å². The Morgan fingerprint density at radius 1 is 1.54 bits per heavy atom. The highest BCUT2D eigenvalue weighted by Crippen LogP contribution is 2.61. The third kappa shape index (κ3) is 1.58. The fraction of sp³-hybridized carbons (Fsp3) is 0.500. The quantitative estimate of drug-likeness (QED) is 0.822. The number of alkyl halides is 2. The number of nitrogens with two attached hydrogens (primary N) is 1. The third-order valence-electron chi connectivity index (χ3n) is 2.31. The highest BCUT2D eigenvalue weighted by molar-refractivity contribution is 7.10. The van der Waals surface area contributed by atoms with Gasteiger partial charge in [0.25, 0.3) is 5.92 Å². The van der Waals surface area contributed by atoms with Crippen LogP contribution < -0.4 is 5.73 Å². The lowest BCUT2D eigenvalue weighted by Gasteiger charge is -1.90. The number of hydrogen-bond donors (Lipinski definition) is 1. The smallest absolute Gasteiger partial charge is 0.261 e. The minimum absolute atomic E-state index is 0. The molecule has 1 aliphatic carbocycles. The summed E-state index contributed by atoms with van der Waals surface area (Å²) >= 11 is 1.38. The second-order valence-electron chi connectivity index (χ2n) is 3.01. The van der Waals surface area contributed by atoms with Gasteiger partial charge in [-0.2, -0.15) is 0 Å². The highest BCUT2D eigenvalue weighted by atomic mass is 35.5. The molecule has 1 nitrogen and oxygen atoms in total. The van der Waals surface area contributed by atoms with Crippen LogP contribution in [0.4, 0.5) is 8.78 Å². The predicted molar refractivity (Wildman–Crippen MR) is 51.8 cm³/mol. The van der Waals surface area contributed by atoms with E-state index in [4.69, 9.17) is 5.73 Å². The molecule has 0 amide bonds. The van der Waals surface area contributed by atoms with Gasteiger partial charge in [0.1, 0.15) is 0 Å². The average Bonchev–Trinajstić information content (AvgIpc) is 2.50. The van der Waals surface area contributed by atoms with Gasteiger partial charge in [-0.05, 0) is 11.4 Å². The van der Waals surface area contributed by atoms with E-state index in [1.807, 2.05) is 5.38 Å². The summed E-state index contributed by atoms with van der Waals surface area (Å²) in [5.74, 6) is -3.79. The maximum atomic E-state index is 13.0. The second-order valence-corrected chi connectivity index (χ2v) is 3.99. The molecular formula is C8H10ClF2NS. The molecule has 2 atom stereocenters. The van der Waals surface area contributed by atoms with E-state index in [1.165, 1.54) is 11.3 Å². The van der Waals surface area contributed by atoms with Crippen molar-refractivity contribution in [3.05, 3.63) is 22.4 Å². The van der Waals surface area contributed by atoms with Crippen molar-refractivity contribution >= 4 is 23.7 Å². The largest absolute Gasteiger partial charge is 0.330 e. The normalized spacial score (nSPS) is 29.5. The van der Waals surface area contributed by atoms with Crippen molar-refractivity contribution in [2.75, 3.05) is 6.54 Å². The molecule has 1 fully saturated rings. The Kier molecular flexibility index (Phi) is 2.95. The fourth-order valence-corrected chi connectivity index (χ4v) is 2.48. The van der Waals surface area contributed by atoms with Gasteiger partial charge in [0, 0.05) is 17.3 Å². The molecule has 0 aromatic carbocycles. The van der Waals surface area contributed by atoms with Crippen LogP contribution in [-0.4, -0.2) is 12.5 Å². The van der Waals surface area contributed by atoms with Gasteiger partial charge in [-0.15, -0.1) is 23.7 Å². The molecule has 0 saturated heterocycles.